The molecule has 1 aliphatic heterocycles. The van der Waals surface area contributed by atoms with Crippen molar-refractivity contribution in [1.82, 2.24) is 0 Å². The van der Waals surface area contributed by atoms with Crippen LogP contribution in [0.1, 0.15) is 6.42 Å². The Balaban J connectivity index is 3.00. The zero-order valence-corrected chi connectivity index (χ0v) is 8.84. The molecule has 108 valence electrons. The zero-order chi connectivity index (χ0) is 14.9. The van der Waals surface area contributed by atoms with Crippen LogP contribution in [-0.2, 0) is 19.1 Å². The molecular formula is C8H5F6NO4. The van der Waals surface area contributed by atoms with E-state index < -0.39 is 43.2 Å². The van der Waals surface area contributed by atoms with Gasteiger partial charge in [0.05, 0.1) is 6.54 Å². The smallest absolute Gasteiger partial charge is 0.414 e. The summed E-state index contributed by atoms with van der Waals surface area (Å²) in [6.07, 6.45) is -13.7. The average molecular weight is 293 g/mol. The molecule has 0 saturated carbocycles. The van der Waals surface area contributed by atoms with Gasteiger partial charge in [0.25, 0.3) is 0 Å². The van der Waals surface area contributed by atoms with Crippen molar-refractivity contribution in [1.29, 1.82) is 0 Å². The van der Waals surface area contributed by atoms with Gasteiger partial charge in [-0.3, -0.25) is 0 Å². The van der Waals surface area contributed by atoms with Gasteiger partial charge in [-0.15, -0.1) is 0 Å². The molecule has 0 radical (unpaired) electrons. The Hall–Kier alpha value is -1.61. The lowest BCUT2D eigenvalue weighted by atomic mass is 10.2. The number of rotatable bonds is 3. The van der Waals surface area contributed by atoms with Gasteiger partial charge in [-0.2, -0.15) is 26.3 Å². The number of ether oxygens (including phenoxy) is 2. The van der Waals surface area contributed by atoms with Crippen molar-refractivity contribution in [2.45, 2.75) is 30.7 Å². The Bertz CT molecular complexity index is 396. The summed E-state index contributed by atoms with van der Waals surface area (Å²) in [4.78, 5) is 23.6. The van der Waals surface area contributed by atoms with E-state index in [0.29, 0.717) is 0 Å². The lowest BCUT2D eigenvalue weighted by molar-refractivity contribution is -0.439. The molecule has 1 fully saturated rings. The van der Waals surface area contributed by atoms with E-state index in [9.17, 15) is 35.9 Å². The standard InChI is InChI=1S/C8H5F6NO4/c9-7(10,11)6(8(12,13)14)18-4(5(17)19-6)1-2-15-3-16/h4H,1-2H2/t4-/m0/s1. The van der Waals surface area contributed by atoms with Crippen LogP contribution in [0, 0.1) is 0 Å². The second-order valence-electron chi connectivity index (χ2n) is 3.40. The van der Waals surface area contributed by atoms with Crippen LogP contribution in [-0.4, -0.2) is 42.8 Å². The first-order chi connectivity index (χ1) is 8.55. The third-order valence-corrected chi connectivity index (χ3v) is 2.13. The van der Waals surface area contributed by atoms with Crippen molar-refractivity contribution in [2.75, 3.05) is 6.54 Å². The number of hydrogen-bond acceptors (Lipinski definition) is 5. The van der Waals surface area contributed by atoms with E-state index in [4.69, 9.17) is 0 Å². The lowest BCUT2D eigenvalue weighted by Gasteiger charge is -2.30. The van der Waals surface area contributed by atoms with Gasteiger partial charge >= 0.3 is 24.1 Å². The second-order valence-corrected chi connectivity index (χ2v) is 3.40. The number of carbonyl (C=O) groups is 1. The topological polar surface area (TPSA) is 65.0 Å². The third kappa shape index (κ3) is 2.71. The maximum absolute atomic E-state index is 12.4. The molecule has 1 heterocycles. The van der Waals surface area contributed by atoms with Gasteiger partial charge in [-0.1, -0.05) is 0 Å². The molecule has 0 bridgehead atoms. The molecule has 19 heavy (non-hydrogen) atoms. The van der Waals surface area contributed by atoms with Gasteiger partial charge in [-0.25, -0.2) is 14.6 Å². The fraction of sp³-hybridized carbons (Fsp3) is 0.750. The van der Waals surface area contributed by atoms with Crippen LogP contribution in [0.15, 0.2) is 4.99 Å². The first-order valence-electron chi connectivity index (χ1n) is 4.63. The van der Waals surface area contributed by atoms with Crippen LogP contribution in [0.5, 0.6) is 0 Å². The number of esters is 1. The lowest BCUT2D eigenvalue weighted by Crippen LogP contribution is -2.58. The summed E-state index contributed by atoms with van der Waals surface area (Å²) in [7, 11) is 0. The molecule has 0 N–H and O–H groups in total. The molecule has 0 amide bonds. The highest BCUT2D eigenvalue weighted by Crippen LogP contribution is 2.50. The first kappa shape index (κ1) is 15.4. The molecule has 0 spiro atoms. The molecule has 0 aromatic rings. The number of alkyl halides is 6. The third-order valence-electron chi connectivity index (χ3n) is 2.13. The largest absolute Gasteiger partial charge is 0.465 e. The normalized spacial score (nSPS) is 22.8. The molecule has 0 aliphatic carbocycles. The van der Waals surface area contributed by atoms with Gasteiger partial charge in [0, 0.05) is 6.42 Å². The highest BCUT2D eigenvalue weighted by atomic mass is 19.4. The van der Waals surface area contributed by atoms with Crippen LogP contribution in [0.2, 0.25) is 0 Å². The Morgan fingerprint density at radius 3 is 2.11 bits per heavy atom. The van der Waals surface area contributed by atoms with E-state index in [0.717, 1.165) is 6.08 Å². The van der Waals surface area contributed by atoms with Crippen LogP contribution < -0.4 is 0 Å². The van der Waals surface area contributed by atoms with E-state index in [1.165, 1.54) is 0 Å². The van der Waals surface area contributed by atoms with Crippen LogP contribution in [0.25, 0.3) is 0 Å². The summed E-state index contributed by atoms with van der Waals surface area (Å²) >= 11 is 0. The van der Waals surface area contributed by atoms with Crippen LogP contribution >= 0.6 is 0 Å². The van der Waals surface area contributed by atoms with Crippen molar-refractivity contribution in [2.24, 2.45) is 4.99 Å². The molecule has 1 saturated heterocycles. The summed E-state index contributed by atoms with van der Waals surface area (Å²) < 4.78 is 81.7. The minimum absolute atomic E-state index is 0.519. The van der Waals surface area contributed by atoms with Crippen molar-refractivity contribution < 1.29 is 45.4 Å². The molecule has 0 unspecified atom stereocenters. The number of isocyanates is 1. The molecule has 5 nitrogen and oxygen atoms in total. The number of carbonyl (C=O) groups excluding carboxylic acids is 2. The SMILES string of the molecule is O=C=NCC[C@@H]1OC(C(F)(F)F)(C(F)(F)F)OC1=O. The second kappa shape index (κ2) is 4.82. The molecule has 11 heteroatoms. The predicted octanol–water partition coefficient (Wildman–Crippen LogP) is 1.48. The Morgan fingerprint density at radius 1 is 1.21 bits per heavy atom. The summed E-state index contributed by atoms with van der Waals surface area (Å²) in [6.45, 7) is -0.519. The highest BCUT2D eigenvalue weighted by Gasteiger charge is 2.80. The van der Waals surface area contributed by atoms with E-state index >= 15 is 0 Å². The molecule has 0 aromatic heterocycles. The summed E-state index contributed by atoms with van der Waals surface area (Å²) in [5, 5.41) is 0. The minimum Gasteiger partial charge on any atom is -0.414 e. The Labute approximate surface area is 101 Å². The molecule has 0 aromatic carbocycles. The van der Waals surface area contributed by atoms with Gasteiger partial charge in [0.1, 0.15) is 0 Å². The van der Waals surface area contributed by atoms with Crippen molar-refractivity contribution in [3.05, 3.63) is 0 Å². The number of nitrogens with zero attached hydrogens (tertiary/aromatic N) is 1. The van der Waals surface area contributed by atoms with Gasteiger partial charge in [0.2, 0.25) is 6.08 Å². The van der Waals surface area contributed by atoms with Gasteiger partial charge < -0.3 is 9.47 Å². The summed E-state index contributed by atoms with van der Waals surface area (Å²) in [6, 6.07) is 0. The molecule has 1 aliphatic rings. The van der Waals surface area contributed by atoms with Crippen molar-refractivity contribution >= 4 is 12.0 Å². The summed E-state index contributed by atoms with van der Waals surface area (Å²) in [5.74, 6) is -6.80. The molecular weight excluding hydrogens is 288 g/mol. The fourth-order valence-corrected chi connectivity index (χ4v) is 1.29. The van der Waals surface area contributed by atoms with Crippen LogP contribution in [0.3, 0.4) is 0 Å². The van der Waals surface area contributed by atoms with Crippen molar-refractivity contribution in [3.8, 4) is 0 Å². The minimum atomic E-state index is -5.98. The number of aliphatic imine (C=N–C) groups is 1. The maximum Gasteiger partial charge on any atom is 0.465 e. The first-order valence-corrected chi connectivity index (χ1v) is 4.63. The Morgan fingerprint density at radius 2 is 1.74 bits per heavy atom. The Kier molecular flexibility index (Phi) is 3.92. The quantitative estimate of drug-likeness (QED) is 0.342. The fourth-order valence-electron chi connectivity index (χ4n) is 1.29. The van der Waals surface area contributed by atoms with Gasteiger partial charge in [-0.05, 0) is 0 Å². The molecule has 1 atom stereocenters. The van der Waals surface area contributed by atoms with E-state index in [-0.39, 0.29) is 0 Å². The number of hydrogen-bond donors (Lipinski definition) is 0. The van der Waals surface area contributed by atoms with E-state index in [2.05, 4.69) is 14.5 Å². The highest BCUT2D eigenvalue weighted by molar-refractivity contribution is 5.77. The number of cyclic esters (lactones) is 1. The van der Waals surface area contributed by atoms with Gasteiger partial charge in [0.15, 0.2) is 6.10 Å². The van der Waals surface area contributed by atoms with Crippen molar-refractivity contribution in [3.63, 3.8) is 0 Å². The maximum atomic E-state index is 12.4. The average Bonchev–Trinajstić information content (AvgIpc) is 2.56. The number of halogens is 6. The molecule has 1 rings (SSSR count). The zero-order valence-electron chi connectivity index (χ0n) is 8.84. The summed E-state index contributed by atoms with van der Waals surface area (Å²) in [5.41, 5.74) is 0. The van der Waals surface area contributed by atoms with E-state index in [1.54, 1.807) is 0 Å². The predicted molar refractivity (Wildman–Crippen MR) is 43.4 cm³/mol. The van der Waals surface area contributed by atoms with Crippen LogP contribution in [0.4, 0.5) is 26.3 Å². The van der Waals surface area contributed by atoms with E-state index in [1.807, 2.05) is 0 Å². The monoisotopic (exact) mass is 293 g/mol.